The topological polar surface area (TPSA) is 52.6 Å². The Morgan fingerprint density at radius 1 is 0.941 bits per heavy atom. The summed E-state index contributed by atoms with van der Waals surface area (Å²) in [5, 5.41) is 0.0171. The van der Waals surface area contributed by atoms with Gasteiger partial charge in [0.25, 0.3) is 0 Å². The molecule has 0 aliphatic rings. The number of halogens is 6. The van der Waals surface area contributed by atoms with E-state index < -0.39 is 43.1 Å². The van der Waals surface area contributed by atoms with Crippen molar-refractivity contribution in [1.29, 1.82) is 0 Å². The van der Waals surface area contributed by atoms with Crippen molar-refractivity contribution in [3.05, 3.63) is 60.2 Å². The molecule has 10 heteroatoms. The highest BCUT2D eigenvalue weighted by Crippen LogP contribution is 2.49. The lowest BCUT2D eigenvalue weighted by Crippen LogP contribution is -2.60. The molecule has 0 spiro atoms. The van der Waals surface area contributed by atoms with Crippen LogP contribution in [0, 0.1) is 22.5 Å². The zero-order valence-electron chi connectivity index (χ0n) is 18.9. The molecular formula is C24H24Br3ClF2O4. The fourth-order valence-electron chi connectivity index (χ4n) is 2.91. The summed E-state index contributed by atoms with van der Waals surface area (Å²) in [5.74, 6) is -1.03. The Labute approximate surface area is 228 Å². The average molecular weight is 690 g/mol. The number of benzene rings is 2. The van der Waals surface area contributed by atoms with Crippen molar-refractivity contribution in [2.75, 3.05) is 5.33 Å². The molecule has 0 heterocycles. The fraction of sp³-hybridized carbons (Fsp3) is 0.417. The molecule has 0 aliphatic carbocycles. The van der Waals surface area contributed by atoms with Gasteiger partial charge >= 0.3 is 0 Å². The van der Waals surface area contributed by atoms with Gasteiger partial charge in [-0.2, -0.15) is 0 Å². The van der Waals surface area contributed by atoms with Gasteiger partial charge in [-0.1, -0.05) is 43.5 Å². The second-order valence-electron chi connectivity index (χ2n) is 8.72. The SMILES string of the molecule is CC(C)(C(=O)C(Br)C(Br)(Oc1ccc(F)cc1)C(C)(C)C(=O)CBr)C(Cl)Oc1ccc(F)cc1. The molecule has 0 saturated carbocycles. The van der Waals surface area contributed by atoms with Crippen molar-refractivity contribution < 1.29 is 27.8 Å². The van der Waals surface area contributed by atoms with Crippen LogP contribution in [0.3, 0.4) is 0 Å². The minimum absolute atomic E-state index is 0.0171. The summed E-state index contributed by atoms with van der Waals surface area (Å²) in [6.07, 6.45) is 0. The van der Waals surface area contributed by atoms with Crippen molar-refractivity contribution in [2.24, 2.45) is 10.8 Å². The number of carbonyl (C=O) groups excluding carboxylic acids is 2. The molecule has 0 fully saturated rings. The van der Waals surface area contributed by atoms with E-state index in [9.17, 15) is 18.4 Å². The van der Waals surface area contributed by atoms with E-state index in [1.165, 1.54) is 48.5 Å². The monoisotopic (exact) mass is 686 g/mol. The molecule has 0 bridgehead atoms. The fourth-order valence-corrected chi connectivity index (χ4v) is 5.70. The normalized spacial score (nSPS) is 15.7. The minimum Gasteiger partial charge on any atom is -0.474 e. The van der Waals surface area contributed by atoms with E-state index in [0.717, 1.165) is 0 Å². The van der Waals surface area contributed by atoms with Gasteiger partial charge in [0.1, 0.15) is 28.0 Å². The number of carbonyl (C=O) groups is 2. The highest BCUT2D eigenvalue weighted by Gasteiger charge is 2.59. The molecule has 3 unspecified atom stereocenters. The summed E-state index contributed by atoms with van der Waals surface area (Å²) in [6, 6.07) is 10.5. The first-order valence-electron chi connectivity index (χ1n) is 10.1. The number of hydrogen-bond donors (Lipinski definition) is 0. The first-order chi connectivity index (χ1) is 15.7. The first kappa shape index (κ1) is 29.2. The Morgan fingerprint density at radius 2 is 1.38 bits per heavy atom. The summed E-state index contributed by atoms with van der Waals surface area (Å²) < 4.78 is 36.9. The minimum atomic E-state index is -1.59. The van der Waals surface area contributed by atoms with Crippen LogP contribution in [0.1, 0.15) is 27.7 Å². The smallest absolute Gasteiger partial charge is 0.194 e. The van der Waals surface area contributed by atoms with Crippen LogP contribution < -0.4 is 9.47 Å². The van der Waals surface area contributed by atoms with Gasteiger partial charge in [0.15, 0.2) is 21.6 Å². The van der Waals surface area contributed by atoms with E-state index in [1.54, 1.807) is 27.7 Å². The summed E-state index contributed by atoms with van der Waals surface area (Å²) in [7, 11) is 0. The number of alkyl halides is 4. The molecule has 2 aromatic carbocycles. The van der Waals surface area contributed by atoms with Crippen molar-refractivity contribution >= 4 is 71.0 Å². The highest BCUT2D eigenvalue weighted by molar-refractivity contribution is 9.12. The summed E-state index contributed by atoms with van der Waals surface area (Å²) in [6.45, 7) is 6.46. The molecule has 0 amide bonds. The predicted octanol–water partition coefficient (Wildman–Crippen LogP) is 7.43. The molecule has 0 aliphatic heterocycles. The molecule has 34 heavy (non-hydrogen) atoms. The molecule has 3 atom stereocenters. The highest BCUT2D eigenvalue weighted by atomic mass is 79.9. The van der Waals surface area contributed by atoms with Crippen LogP contribution in [-0.2, 0) is 9.59 Å². The summed E-state index contributed by atoms with van der Waals surface area (Å²) >= 11 is 16.7. The molecular weight excluding hydrogens is 665 g/mol. The maximum atomic E-state index is 13.7. The maximum absolute atomic E-state index is 13.7. The zero-order chi connectivity index (χ0) is 25.9. The van der Waals surface area contributed by atoms with E-state index >= 15 is 0 Å². The lowest BCUT2D eigenvalue weighted by atomic mass is 9.76. The number of ether oxygens (including phenoxy) is 2. The predicted molar refractivity (Wildman–Crippen MR) is 139 cm³/mol. The van der Waals surface area contributed by atoms with E-state index in [-0.39, 0.29) is 22.6 Å². The maximum Gasteiger partial charge on any atom is 0.194 e. The molecule has 0 radical (unpaired) electrons. The Morgan fingerprint density at radius 3 is 1.82 bits per heavy atom. The van der Waals surface area contributed by atoms with Crippen molar-refractivity contribution in [2.45, 2.75) is 42.6 Å². The third-order valence-corrected chi connectivity index (χ3v) is 9.99. The standard InChI is InChI=1S/C24H24Br3ClF2O4/c1-22(2,21(28)33-16-9-5-14(29)6-10-16)20(32)19(26)24(27,23(3,4)18(31)13-25)34-17-11-7-15(30)8-12-17/h5-12,19,21H,13H2,1-4H3. The van der Waals surface area contributed by atoms with Gasteiger partial charge in [0, 0.05) is 0 Å². The van der Waals surface area contributed by atoms with Gasteiger partial charge in [-0.3, -0.25) is 9.59 Å². The van der Waals surface area contributed by atoms with Gasteiger partial charge in [-0.05, 0) is 92.2 Å². The third-order valence-electron chi connectivity index (χ3n) is 5.56. The van der Waals surface area contributed by atoms with E-state index in [0.29, 0.717) is 0 Å². The third kappa shape index (κ3) is 6.20. The van der Waals surface area contributed by atoms with Crippen LogP contribution >= 0.6 is 59.4 Å². The number of rotatable bonds is 11. The largest absolute Gasteiger partial charge is 0.474 e. The second kappa shape index (κ2) is 11.4. The zero-order valence-corrected chi connectivity index (χ0v) is 24.4. The molecule has 0 saturated heterocycles. The van der Waals surface area contributed by atoms with Crippen LogP contribution in [0.25, 0.3) is 0 Å². The molecule has 186 valence electrons. The Balaban J connectivity index is 2.42. The van der Waals surface area contributed by atoms with Crippen LogP contribution in [0.5, 0.6) is 11.5 Å². The van der Waals surface area contributed by atoms with Gasteiger partial charge in [-0.25, -0.2) is 8.78 Å². The molecule has 4 nitrogen and oxygen atoms in total. The summed E-state index contributed by atoms with van der Waals surface area (Å²) in [5.41, 5.74) is -3.67. The van der Waals surface area contributed by atoms with Gasteiger partial charge in [-0.15, -0.1) is 0 Å². The lowest BCUT2D eigenvalue weighted by Gasteiger charge is -2.45. The molecule has 0 aromatic heterocycles. The van der Waals surface area contributed by atoms with E-state index in [2.05, 4.69) is 47.8 Å². The summed E-state index contributed by atoms with van der Waals surface area (Å²) in [4.78, 5) is 25.5. The van der Waals surface area contributed by atoms with Crippen molar-refractivity contribution in [3.63, 3.8) is 0 Å². The molecule has 0 N–H and O–H groups in total. The number of Topliss-reactive ketones (excluding diaryl/α,β-unsaturated/α-hetero) is 2. The van der Waals surface area contributed by atoms with Gasteiger partial charge in [0.05, 0.1) is 16.2 Å². The number of ketones is 2. The molecule has 2 aromatic rings. The van der Waals surface area contributed by atoms with Crippen molar-refractivity contribution in [3.8, 4) is 11.5 Å². The van der Waals surface area contributed by atoms with Crippen LogP contribution in [0.2, 0.25) is 0 Å². The van der Waals surface area contributed by atoms with Crippen LogP contribution in [-0.4, -0.2) is 31.8 Å². The van der Waals surface area contributed by atoms with Gasteiger partial charge < -0.3 is 9.47 Å². The Kier molecular flexibility index (Phi) is 9.75. The van der Waals surface area contributed by atoms with E-state index in [1.807, 2.05) is 0 Å². The quantitative estimate of drug-likeness (QED) is 0.231. The van der Waals surface area contributed by atoms with Crippen molar-refractivity contribution in [1.82, 2.24) is 0 Å². The second-order valence-corrected chi connectivity index (χ2v) is 11.8. The lowest BCUT2D eigenvalue weighted by molar-refractivity contribution is -0.137. The number of hydrogen-bond acceptors (Lipinski definition) is 4. The van der Waals surface area contributed by atoms with E-state index in [4.69, 9.17) is 21.1 Å². The Hall–Kier alpha value is -1.03. The van der Waals surface area contributed by atoms with Crippen LogP contribution in [0.15, 0.2) is 48.5 Å². The first-order valence-corrected chi connectivity index (χ1v) is 13.4. The molecule has 2 rings (SSSR count). The average Bonchev–Trinajstić information content (AvgIpc) is 2.80. The Bertz CT molecular complexity index is 1020. The van der Waals surface area contributed by atoms with Crippen LogP contribution in [0.4, 0.5) is 8.78 Å². The van der Waals surface area contributed by atoms with Gasteiger partial charge in [0.2, 0.25) is 0 Å².